The summed E-state index contributed by atoms with van der Waals surface area (Å²) < 4.78 is 13.0. The van der Waals surface area contributed by atoms with Crippen molar-refractivity contribution < 1.29 is 19.1 Å². The van der Waals surface area contributed by atoms with Crippen LogP contribution in [0.25, 0.3) is 0 Å². The van der Waals surface area contributed by atoms with Crippen LogP contribution >= 0.6 is 0 Å². The maximum absolute atomic E-state index is 13.0. The van der Waals surface area contributed by atoms with Crippen molar-refractivity contribution in [3.63, 3.8) is 0 Å². The number of likely N-dealkylation sites (N-methyl/N-ethyl adjacent to an activating group) is 1. The molecule has 1 fully saturated rings. The fraction of sp³-hybridized carbons (Fsp3) is 0.333. The van der Waals surface area contributed by atoms with Gasteiger partial charge in [0.05, 0.1) is 12.6 Å². The second kappa shape index (κ2) is 4.73. The molecule has 1 N–H and O–H groups in total. The van der Waals surface area contributed by atoms with Gasteiger partial charge in [0.2, 0.25) is 5.91 Å². The van der Waals surface area contributed by atoms with E-state index in [4.69, 9.17) is 0 Å². The highest BCUT2D eigenvalue weighted by atomic mass is 19.1. The molecule has 1 aliphatic heterocycles. The molecular formula is C12H13FN2O3. The zero-order chi connectivity index (χ0) is 13.3. The summed E-state index contributed by atoms with van der Waals surface area (Å²) in [7, 11) is 1.51. The van der Waals surface area contributed by atoms with E-state index in [1.54, 1.807) is 6.07 Å². The van der Waals surface area contributed by atoms with Gasteiger partial charge in [-0.2, -0.15) is 0 Å². The van der Waals surface area contributed by atoms with Gasteiger partial charge in [0.25, 0.3) is 0 Å². The van der Waals surface area contributed by atoms with E-state index >= 15 is 0 Å². The molecule has 1 heterocycles. The molecule has 0 spiro atoms. The highest BCUT2D eigenvalue weighted by Crippen LogP contribution is 2.18. The highest BCUT2D eigenvalue weighted by Gasteiger charge is 2.34. The zero-order valence-electron chi connectivity index (χ0n) is 9.84. The number of halogens is 1. The van der Waals surface area contributed by atoms with Crippen LogP contribution in [0, 0.1) is 5.82 Å². The van der Waals surface area contributed by atoms with Crippen molar-refractivity contribution in [2.45, 2.75) is 6.10 Å². The lowest BCUT2D eigenvalue weighted by atomic mass is 10.1. The molecule has 0 radical (unpaired) electrons. The van der Waals surface area contributed by atoms with Crippen LogP contribution in [-0.4, -0.2) is 47.0 Å². The monoisotopic (exact) mass is 252 g/mol. The quantitative estimate of drug-likeness (QED) is 0.808. The summed E-state index contributed by atoms with van der Waals surface area (Å²) in [5.41, 5.74) is 0.338. The van der Waals surface area contributed by atoms with Crippen LogP contribution in [0.1, 0.15) is 11.7 Å². The van der Waals surface area contributed by atoms with Crippen molar-refractivity contribution in [1.82, 2.24) is 9.80 Å². The molecule has 0 saturated carbocycles. The van der Waals surface area contributed by atoms with Crippen molar-refractivity contribution in [3.8, 4) is 0 Å². The van der Waals surface area contributed by atoms with Crippen molar-refractivity contribution >= 4 is 11.9 Å². The van der Waals surface area contributed by atoms with Crippen LogP contribution < -0.4 is 0 Å². The molecule has 0 aliphatic carbocycles. The van der Waals surface area contributed by atoms with E-state index in [0.29, 0.717) is 5.56 Å². The van der Waals surface area contributed by atoms with Crippen molar-refractivity contribution in [2.75, 3.05) is 20.1 Å². The van der Waals surface area contributed by atoms with E-state index in [2.05, 4.69) is 0 Å². The maximum Gasteiger partial charge on any atom is 0.327 e. The summed E-state index contributed by atoms with van der Waals surface area (Å²) in [6, 6.07) is 5.00. The van der Waals surface area contributed by atoms with E-state index < -0.39 is 18.0 Å². The average molecular weight is 252 g/mol. The second-order valence-corrected chi connectivity index (χ2v) is 4.21. The maximum atomic E-state index is 13.0. The van der Waals surface area contributed by atoms with Gasteiger partial charge in [0.1, 0.15) is 12.4 Å². The third-order valence-electron chi connectivity index (χ3n) is 2.82. The summed E-state index contributed by atoms with van der Waals surface area (Å²) >= 11 is 0. The van der Waals surface area contributed by atoms with Crippen LogP contribution in [0.5, 0.6) is 0 Å². The van der Waals surface area contributed by atoms with Gasteiger partial charge in [-0.1, -0.05) is 12.1 Å². The summed E-state index contributed by atoms with van der Waals surface area (Å²) in [6.45, 7) is -0.153. The van der Waals surface area contributed by atoms with Gasteiger partial charge in [-0.25, -0.2) is 9.18 Å². The van der Waals surface area contributed by atoms with Gasteiger partial charge >= 0.3 is 6.03 Å². The van der Waals surface area contributed by atoms with Gasteiger partial charge in [0, 0.05) is 7.05 Å². The zero-order valence-corrected chi connectivity index (χ0v) is 9.84. The Hall–Kier alpha value is -1.95. The van der Waals surface area contributed by atoms with E-state index in [1.165, 1.54) is 30.1 Å². The Morgan fingerprint density at radius 1 is 1.44 bits per heavy atom. The third kappa shape index (κ3) is 2.33. The van der Waals surface area contributed by atoms with Crippen molar-refractivity contribution in [2.24, 2.45) is 0 Å². The molecule has 3 amide bonds. The number of aliphatic hydroxyl groups is 1. The van der Waals surface area contributed by atoms with E-state index in [-0.39, 0.29) is 19.0 Å². The van der Waals surface area contributed by atoms with E-state index in [1.807, 2.05) is 0 Å². The minimum absolute atomic E-state index is 0.00864. The smallest absolute Gasteiger partial charge is 0.327 e. The molecule has 1 aromatic rings. The Balaban J connectivity index is 2.10. The van der Waals surface area contributed by atoms with Crippen molar-refractivity contribution in [1.29, 1.82) is 0 Å². The normalized spacial score (nSPS) is 17.5. The van der Waals surface area contributed by atoms with Gasteiger partial charge in [0.15, 0.2) is 0 Å². The van der Waals surface area contributed by atoms with Gasteiger partial charge < -0.3 is 10.0 Å². The lowest BCUT2D eigenvalue weighted by molar-refractivity contribution is -0.126. The number of carbonyl (C=O) groups is 2. The van der Waals surface area contributed by atoms with Crippen LogP contribution in [0.15, 0.2) is 24.3 Å². The van der Waals surface area contributed by atoms with Gasteiger partial charge in [-0.05, 0) is 17.7 Å². The first kappa shape index (κ1) is 12.5. The Bertz CT molecular complexity index is 492. The number of hydrogen-bond donors (Lipinski definition) is 1. The van der Waals surface area contributed by atoms with E-state index in [9.17, 15) is 19.1 Å². The second-order valence-electron chi connectivity index (χ2n) is 4.21. The number of urea groups is 1. The summed E-state index contributed by atoms with van der Waals surface area (Å²) in [6.07, 6.45) is -1.08. The first-order valence-electron chi connectivity index (χ1n) is 5.48. The Morgan fingerprint density at radius 3 is 2.72 bits per heavy atom. The molecule has 18 heavy (non-hydrogen) atoms. The van der Waals surface area contributed by atoms with Crippen LogP contribution in [-0.2, 0) is 4.79 Å². The first-order valence-corrected chi connectivity index (χ1v) is 5.48. The van der Waals surface area contributed by atoms with Gasteiger partial charge in [-0.3, -0.25) is 9.69 Å². The molecule has 1 atom stereocenters. The molecule has 1 aromatic carbocycles. The molecular weight excluding hydrogens is 239 g/mol. The topological polar surface area (TPSA) is 60.9 Å². The first-order chi connectivity index (χ1) is 8.49. The highest BCUT2D eigenvalue weighted by molar-refractivity contribution is 6.01. The predicted octanol–water partition coefficient (Wildman–Crippen LogP) is 0.753. The number of amides is 3. The summed E-state index contributed by atoms with van der Waals surface area (Å²) in [4.78, 5) is 25.3. The van der Waals surface area contributed by atoms with E-state index in [0.717, 1.165) is 4.90 Å². The number of hydrogen-bond acceptors (Lipinski definition) is 3. The minimum atomic E-state index is -1.08. The largest absolute Gasteiger partial charge is 0.387 e. The molecule has 1 aliphatic rings. The summed E-state index contributed by atoms with van der Waals surface area (Å²) in [5.74, 6) is -0.833. The lowest BCUT2D eigenvalue weighted by Crippen LogP contribution is -2.35. The van der Waals surface area contributed by atoms with Crippen LogP contribution in [0.4, 0.5) is 9.18 Å². The molecule has 2 rings (SSSR count). The predicted molar refractivity (Wildman–Crippen MR) is 61.1 cm³/mol. The number of nitrogens with zero attached hydrogens (tertiary/aromatic N) is 2. The number of β-amino-alcohol motifs (C(OH)–C–C–N with tert-alkyl or cyclic N) is 1. The molecule has 0 aromatic heterocycles. The fourth-order valence-electron chi connectivity index (χ4n) is 1.84. The van der Waals surface area contributed by atoms with Crippen LogP contribution in [0.2, 0.25) is 0 Å². The molecule has 96 valence electrons. The van der Waals surface area contributed by atoms with Gasteiger partial charge in [-0.15, -0.1) is 0 Å². The third-order valence-corrected chi connectivity index (χ3v) is 2.82. The number of aliphatic hydroxyl groups excluding tert-OH is 1. The minimum Gasteiger partial charge on any atom is -0.387 e. The lowest BCUT2D eigenvalue weighted by Gasteiger charge is -2.18. The average Bonchev–Trinajstić information content (AvgIpc) is 2.56. The van der Waals surface area contributed by atoms with Crippen molar-refractivity contribution in [3.05, 3.63) is 35.6 Å². The molecule has 0 unspecified atom stereocenters. The number of carbonyl (C=O) groups excluding carboxylic acids is 2. The fourth-order valence-corrected chi connectivity index (χ4v) is 1.84. The standard InChI is InChI=1S/C12H13FN2O3/c1-14-7-11(17)15(12(14)18)6-10(16)8-3-2-4-9(13)5-8/h2-5,10,16H,6-7H2,1H3/t10-/m0/s1. The number of rotatable bonds is 3. The molecule has 5 nitrogen and oxygen atoms in total. The number of imide groups is 1. The molecule has 1 saturated heterocycles. The summed E-state index contributed by atoms with van der Waals surface area (Å²) in [5, 5.41) is 9.90. The molecule has 0 bridgehead atoms. The Morgan fingerprint density at radius 2 is 2.17 bits per heavy atom. The van der Waals surface area contributed by atoms with Crippen LogP contribution in [0.3, 0.4) is 0 Å². The molecule has 6 heteroatoms. The number of benzene rings is 1. The Kier molecular flexibility index (Phi) is 3.29. The Labute approximate surface area is 103 Å². The SMILES string of the molecule is CN1CC(=O)N(C[C@H](O)c2cccc(F)c2)C1=O.